The molecule has 86 valence electrons. The van der Waals surface area contributed by atoms with E-state index in [4.69, 9.17) is 0 Å². The number of hydrogen-bond donors (Lipinski definition) is 1. The van der Waals surface area contributed by atoms with Gasteiger partial charge in [-0.05, 0) is 37.8 Å². The molecule has 0 aliphatic heterocycles. The van der Waals surface area contributed by atoms with E-state index in [9.17, 15) is 4.80 Å². The van der Waals surface area contributed by atoms with Crippen LogP contribution in [0, 0.1) is 0 Å². The van der Waals surface area contributed by atoms with E-state index in [1.165, 1.54) is 63.0 Å². The van der Waals surface area contributed by atoms with Gasteiger partial charge in [0.1, 0.15) is 0 Å². The van der Waals surface area contributed by atoms with Crippen LogP contribution >= 0.6 is 0 Å². The molecule has 0 radical (unpaired) electrons. The first kappa shape index (κ1) is 11.4. The summed E-state index contributed by atoms with van der Waals surface area (Å²) < 4.78 is 0. The minimum atomic E-state index is -2.04. The van der Waals surface area contributed by atoms with Crippen molar-refractivity contribution in [3.8, 4) is 0 Å². The molecule has 0 amide bonds. The summed E-state index contributed by atoms with van der Waals surface area (Å²) in [6.07, 6.45) is 14.1. The fourth-order valence-corrected chi connectivity index (χ4v) is 6.52. The Labute approximate surface area is 94.7 Å². The lowest BCUT2D eigenvalue weighted by Crippen LogP contribution is -2.41. The van der Waals surface area contributed by atoms with Crippen molar-refractivity contribution in [1.29, 1.82) is 0 Å². The molecule has 2 rings (SSSR count). The number of allylic oxidation sites excluding steroid dienone is 2. The molecule has 0 aromatic carbocycles. The molecule has 2 aliphatic carbocycles. The normalized spacial score (nSPS) is 28.3. The summed E-state index contributed by atoms with van der Waals surface area (Å²) in [6.45, 7) is 2.19. The molecule has 1 atom stereocenters. The van der Waals surface area contributed by atoms with Gasteiger partial charge in [0.15, 0.2) is 0 Å². The topological polar surface area (TPSA) is 20.2 Å². The highest BCUT2D eigenvalue weighted by Crippen LogP contribution is 2.41. The third kappa shape index (κ3) is 2.54. The first-order chi connectivity index (χ1) is 7.21. The van der Waals surface area contributed by atoms with E-state index in [0.717, 1.165) is 0 Å². The Balaban J connectivity index is 2.06. The first-order valence-electron chi connectivity index (χ1n) is 6.63. The maximum Gasteiger partial charge on any atom is 0.215 e. The Morgan fingerprint density at radius 1 is 1.13 bits per heavy atom. The average Bonchev–Trinajstić information content (AvgIpc) is 2.31. The second-order valence-electron chi connectivity index (χ2n) is 5.46. The largest absolute Gasteiger partial charge is 0.428 e. The fraction of sp³-hybridized carbons (Fsp3) is 0.846. The van der Waals surface area contributed by atoms with Crippen molar-refractivity contribution >= 4 is 8.32 Å². The van der Waals surface area contributed by atoms with Gasteiger partial charge in [-0.15, -0.1) is 0 Å². The fourth-order valence-electron chi connectivity index (χ4n) is 3.22. The molecule has 0 bridgehead atoms. The van der Waals surface area contributed by atoms with Gasteiger partial charge < -0.3 is 4.80 Å². The summed E-state index contributed by atoms with van der Waals surface area (Å²) in [5, 5.41) is 1.47. The zero-order valence-corrected chi connectivity index (χ0v) is 11.0. The molecule has 0 saturated heterocycles. The minimum absolute atomic E-state index is 0.663. The quantitative estimate of drug-likeness (QED) is 0.705. The predicted octanol–water partition coefficient (Wildman–Crippen LogP) is 3.93. The predicted molar refractivity (Wildman–Crippen MR) is 67.2 cm³/mol. The lowest BCUT2D eigenvalue weighted by Gasteiger charge is -2.36. The van der Waals surface area contributed by atoms with Crippen molar-refractivity contribution < 1.29 is 4.80 Å². The van der Waals surface area contributed by atoms with Gasteiger partial charge in [0.05, 0.1) is 0 Å². The maximum absolute atomic E-state index is 10.8. The van der Waals surface area contributed by atoms with Gasteiger partial charge in [-0.1, -0.05) is 43.4 Å². The lowest BCUT2D eigenvalue weighted by atomic mass is 10.0. The SMILES string of the molecule is C[Si@](O)(C1=CCCCC1)C1CCCCC1. The standard InChI is InChI=1S/C13H24OSi/c1-15(14,12-8-4-2-5-9-12)13-10-6-3-7-11-13/h8,13-14H,2-7,9-11H2,1H3/t15-/m0/s1. The van der Waals surface area contributed by atoms with Crippen LogP contribution in [0.3, 0.4) is 0 Å². The third-order valence-electron chi connectivity index (χ3n) is 4.34. The van der Waals surface area contributed by atoms with Gasteiger partial charge in [-0.2, -0.15) is 0 Å². The summed E-state index contributed by atoms with van der Waals surface area (Å²) in [5.41, 5.74) is 0.663. The lowest BCUT2D eigenvalue weighted by molar-refractivity contribution is 0.433. The average molecular weight is 224 g/mol. The molecule has 2 heteroatoms. The van der Waals surface area contributed by atoms with E-state index >= 15 is 0 Å². The van der Waals surface area contributed by atoms with Crippen molar-refractivity contribution in [2.75, 3.05) is 0 Å². The van der Waals surface area contributed by atoms with Crippen LogP contribution in [0.4, 0.5) is 0 Å². The molecule has 1 N–H and O–H groups in total. The summed E-state index contributed by atoms with van der Waals surface area (Å²) >= 11 is 0. The van der Waals surface area contributed by atoms with E-state index in [1.54, 1.807) is 0 Å². The molecule has 0 unspecified atom stereocenters. The Morgan fingerprint density at radius 2 is 1.87 bits per heavy atom. The Hall–Kier alpha value is -0.0831. The van der Waals surface area contributed by atoms with Crippen molar-refractivity contribution in [2.24, 2.45) is 0 Å². The second-order valence-corrected chi connectivity index (χ2v) is 9.21. The Kier molecular flexibility index (Phi) is 3.67. The van der Waals surface area contributed by atoms with Crippen LogP contribution in [-0.4, -0.2) is 13.1 Å². The second kappa shape index (κ2) is 4.83. The smallest absolute Gasteiger partial charge is 0.215 e. The van der Waals surface area contributed by atoms with E-state index in [0.29, 0.717) is 5.54 Å². The van der Waals surface area contributed by atoms with Crippen LogP contribution in [0.2, 0.25) is 12.1 Å². The minimum Gasteiger partial charge on any atom is -0.428 e. The van der Waals surface area contributed by atoms with Gasteiger partial charge in [0.2, 0.25) is 8.32 Å². The zero-order chi connectivity index (χ0) is 10.7. The van der Waals surface area contributed by atoms with Crippen LogP contribution in [0.25, 0.3) is 0 Å². The van der Waals surface area contributed by atoms with Gasteiger partial charge in [0, 0.05) is 0 Å². The first-order valence-corrected chi connectivity index (χ1v) is 9.15. The summed E-state index contributed by atoms with van der Waals surface area (Å²) in [4.78, 5) is 10.8. The summed E-state index contributed by atoms with van der Waals surface area (Å²) in [7, 11) is -2.04. The molecule has 0 aromatic rings. The molecule has 2 aliphatic rings. The van der Waals surface area contributed by atoms with Gasteiger partial charge in [-0.25, -0.2) is 0 Å². The van der Waals surface area contributed by atoms with Crippen molar-refractivity contribution in [1.82, 2.24) is 0 Å². The van der Waals surface area contributed by atoms with E-state index in [-0.39, 0.29) is 0 Å². The van der Waals surface area contributed by atoms with E-state index < -0.39 is 8.32 Å². The molecular formula is C13H24OSi. The maximum atomic E-state index is 10.8. The molecule has 0 aromatic heterocycles. The molecule has 15 heavy (non-hydrogen) atoms. The molecular weight excluding hydrogens is 200 g/mol. The third-order valence-corrected chi connectivity index (χ3v) is 8.26. The Morgan fingerprint density at radius 3 is 2.47 bits per heavy atom. The zero-order valence-electron chi connectivity index (χ0n) is 9.97. The number of rotatable bonds is 2. The highest BCUT2D eigenvalue weighted by atomic mass is 28.4. The van der Waals surface area contributed by atoms with E-state index in [2.05, 4.69) is 12.6 Å². The summed E-state index contributed by atoms with van der Waals surface area (Å²) in [5.74, 6) is 0. The monoisotopic (exact) mass is 224 g/mol. The highest BCUT2D eigenvalue weighted by molar-refractivity contribution is 6.79. The van der Waals surface area contributed by atoms with Crippen LogP contribution < -0.4 is 0 Å². The molecule has 1 fully saturated rings. The molecule has 1 saturated carbocycles. The van der Waals surface area contributed by atoms with Gasteiger partial charge >= 0.3 is 0 Å². The Bertz CT molecular complexity index is 239. The van der Waals surface area contributed by atoms with Crippen LogP contribution in [-0.2, 0) is 0 Å². The van der Waals surface area contributed by atoms with Gasteiger partial charge in [0.25, 0.3) is 0 Å². The van der Waals surface area contributed by atoms with Crippen LogP contribution in [0.5, 0.6) is 0 Å². The molecule has 1 nitrogen and oxygen atoms in total. The van der Waals surface area contributed by atoms with Crippen molar-refractivity contribution in [2.45, 2.75) is 69.9 Å². The van der Waals surface area contributed by atoms with E-state index in [1.807, 2.05) is 0 Å². The van der Waals surface area contributed by atoms with Crippen LogP contribution in [0.15, 0.2) is 11.3 Å². The van der Waals surface area contributed by atoms with Crippen molar-refractivity contribution in [3.63, 3.8) is 0 Å². The van der Waals surface area contributed by atoms with Crippen molar-refractivity contribution in [3.05, 3.63) is 11.3 Å². The highest BCUT2D eigenvalue weighted by Gasteiger charge is 2.39. The number of hydrogen-bond acceptors (Lipinski definition) is 1. The summed E-state index contributed by atoms with van der Waals surface area (Å²) in [6, 6.07) is 0. The van der Waals surface area contributed by atoms with Crippen LogP contribution in [0.1, 0.15) is 57.8 Å². The molecule has 0 spiro atoms. The van der Waals surface area contributed by atoms with Gasteiger partial charge in [-0.3, -0.25) is 0 Å². The molecule has 0 heterocycles.